The second-order valence-corrected chi connectivity index (χ2v) is 3.57. The first kappa shape index (κ1) is 13.0. The summed E-state index contributed by atoms with van der Waals surface area (Å²) >= 11 is 0. The zero-order valence-corrected chi connectivity index (χ0v) is 9.78. The van der Waals surface area contributed by atoms with Crippen molar-refractivity contribution in [1.82, 2.24) is 5.32 Å². The Balaban J connectivity index is 2.62. The van der Waals surface area contributed by atoms with Crippen LogP contribution < -0.4 is 21.7 Å². The zero-order chi connectivity index (χ0) is 12.8. The van der Waals surface area contributed by atoms with Crippen LogP contribution in [0.5, 0.6) is 0 Å². The molecule has 0 fully saturated rings. The van der Waals surface area contributed by atoms with Crippen LogP contribution in [-0.4, -0.2) is 25.0 Å². The number of hydrogen-bond donors (Lipinski definition) is 4. The molecule has 1 aromatic carbocycles. The van der Waals surface area contributed by atoms with Crippen LogP contribution in [0.4, 0.5) is 16.2 Å². The molecule has 0 spiro atoms. The number of nitrogens with two attached hydrogens (primary N) is 1. The monoisotopic (exact) mass is 236 g/mol. The van der Waals surface area contributed by atoms with E-state index in [1.165, 1.54) is 0 Å². The van der Waals surface area contributed by atoms with Crippen LogP contribution in [-0.2, 0) is 4.79 Å². The minimum atomic E-state index is -0.620. The lowest BCUT2D eigenvalue weighted by Crippen LogP contribution is -2.35. The summed E-state index contributed by atoms with van der Waals surface area (Å²) in [6.07, 6.45) is 0. The van der Waals surface area contributed by atoms with Gasteiger partial charge in [0.1, 0.15) is 0 Å². The fourth-order valence-electron chi connectivity index (χ4n) is 1.16. The summed E-state index contributed by atoms with van der Waals surface area (Å²) in [4.78, 5) is 22.1. The molecule has 5 N–H and O–H groups in total. The van der Waals surface area contributed by atoms with Gasteiger partial charge < -0.3 is 21.7 Å². The minimum absolute atomic E-state index is 0.122. The third kappa shape index (κ3) is 4.12. The van der Waals surface area contributed by atoms with E-state index >= 15 is 0 Å². The Bertz CT molecular complexity index is 402. The topological polar surface area (TPSA) is 96.2 Å². The van der Waals surface area contributed by atoms with Gasteiger partial charge in [-0.25, -0.2) is 4.79 Å². The van der Waals surface area contributed by atoms with E-state index in [1.807, 2.05) is 0 Å². The Morgan fingerprint density at radius 3 is 2.00 bits per heavy atom. The number of nitrogens with one attached hydrogen (secondary N) is 3. The molecule has 0 aliphatic rings. The van der Waals surface area contributed by atoms with Gasteiger partial charge in [-0.3, -0.25) is 4.79 Å². The van der Waals surface area contributed by atoms with Crippen molar-refractivity contribution in [3.8, 4) is 0 Å². The van der Waals surface area contributed by atoms with Crippen LogP contribution in [0.1, 0.15) is 6.92 Å². The van der Waals surface area contributed by atoms with E-state index in [2.05, 4.69) is 16.0 Å². The minimum Gasteiger partial charge on any atom is -0.351 e. The van der Waals surface area contributed by atoms with Gasteiger partial charge in [-0.15, -0.1) is 0 Å². The number of carbonyl (C=O) groups is 2. The Hall–Kier alpha value is -2.08. The number of amides is 3. The van der Waals surface area contributed by atoms with E-state index in [4.69, 9.17) is 5.73 Å². The van der Waals surface area contributed by atoms with Crippen molar-refractivity contribution in [2.24, 2.45) is 5.73 Å². The molecular formula is C11H16N4O2. The smallest absolute Gasteiger partial charge is 0.316 e. The molecule has 92 valence electrons. The first-order valence-corrected chi connectivity index (χ1v) is 5.17. The third-order valence-corrected chi connectivity index (χ3v) is 2.25. The largest absolute Gasteiger partial charge is 0.351 e. The average molecular weight is 236 g/mol. The first-order valence-electron chi connectivity index (χ1n) is 5.17. The molecule has 1 unspecified atom stereocenters. The Kier molecular flexibility index (Phi) is 4.47. The van der Waals surface area contributed by atoms with Gasteiger partial charge in [0, 0.05) is 11.4 Å². The van der Waals surface area contributed by atoms with Crippen LogP contribution in [0, 0.1) is 0 Å². The zero-order valence-electron chi connectivity index (χ0n) is 9.78. The average Bonchev–Trinajstić information content (AvgIpc) is 2.30. The quantitative estimate of drug-likeness (QED) is 0.620. The molecule has 3 amide bonds. The Labute approximate surface area is 99.6 Å². The number of primary amides is 1. The summed E-state index contributed by atoms with van der Waals surface area (Å²) < 4.78 is 0. The maximum absolute atomic E-state index is 11.5. The number of carbonyl (C=O) groups excluding carboxylic acids is 2. The van der Waals surface area contributed by atoms with E-state index < -0.39 is 6.03 Å². The van der Waals surface area contributed by atoms with Gasteiger partial charge in [0.25, 0.3) is 0 Å². The van der Waals surface area contributed by atoms with Crippen LogP contribution >= 0.6 is 0 Å². The summed E-state index contributed by atoms with van der Waals surface area (Å²) in [6, 6.07) is 5.80. The molecule has 17 heavy (non-hydrogen) atoms. The predicted molar refractivity (Wildman–Crippen MR) is 66.8 cm³/mol. The van der Waals surface area contributed by atoms with Crippen molar-refractivity contribution in [3.05, 3.63) is 24.3 Å². The van der Waals surface area contributed by atoms with E-state index in [0.29, 0.717) is 11.4 Å². The summed E-state index contributed by atoms with van der Waals surface area (Å²) in [5.74, 6) is -0.122. The van der Waals surface area contributed by atoms with Crippen molar-refractivity contribution in [2.45, 2.75) is 13.0 Å². The van der Waals surface area contributed by atoms with Crippen molar-refractivity contribution in [3.63, 3.8) is 0 Å². The Morgan fingerprint density at radius 2 is 1.59 bits per heavy atom. The summed E-state index contributed by atoms with van der Waals surface area (Å²) in [5, 5.41) is 8.00. The van der Waals surface area contributed by atoms with Crippen molar-refractivity contribution >= 4 is 23.3 Å². The van der Waals surface area contributed by atoms with Gasteiger partial charge >= 0.3 is 6.03 Å². The summed E-state index contributed by atoms with van der Waals surface area (Å²) in [7, 11) is 1.71. The molecule has 0 saturated heterocycles. The molecular weight excluding hydrogens is 220 g/mol. The molecule has 0 aliphatic carbocycles. The lowest BCUT2D eigenvalue weighted by atomic mass is 10.2. The standard InChI is InChI=1S/C11H16N4O2/c1-7(13-2)10(16)14-8-3-5-9(6-4-8)15-11(12)17/h3-7,13H,1-2H3,(H,14,16)(H3,12,15,17). The SMILES string of the molecule is CNC(C)C(=O)Nc1ccc(NC(N)=O)cc1. The van der Waals surface area contributed by atoms with Crippen LogP contribution in [0.25, 0.3) is 0 Å². The van der Waals surface area contributed by atoms with Crippen molar-refractivity contribution < 1.29 is 9.59 Å². The second kappa shape index (κ2) is 5.86. The number of urea groups is 1. The van der Waals surface area contributed by atoms with Crippen LogP contribution in [0.15, 0.2) is 24.3 Å². The lowest BCUT2D eigenvalue weighted by molar-refractivity contribution is -0.117. The molecule has 1 atom stereocenters. The second-order valence-electron chi connectivity index (χ2n) is 3.57. The van der Waals surface area contributed by atoms with Crippen LogP contribution in [0.2, 0.25) is 0 Å². The highest BCUT2D eigenvalue weighted by molar-refractivity contribution is 5.95. The van der Waals surface area contributed by atoms with Crippen molar-refractivity contribution in [2.75, 3.05) is 17.7 Å². The molecule has 0 aliphatic heterocycles. The molecule has 1 aromatic rings. The Morgan fingerprint density at radius 1 is 1.12 bits per heavy atom. The van der Waals surface area contributed by atoms with E-state index in [0.717, 1.165) is 0 Å². The molecule has 0 heterocycles. The molecule has 0 radical (unpaired) electrons. The predicted octanol–water partition coefficient (Wildman–Crippen LogP) is 0.724. The van der Waals surface area contributed by atoms with Crippen LogP contribution in [0.3, 0.4) is 0 Å². The van der Waals surface area contributed by atoms with Gasteiger partial charge in [0.05, 0.1) is 6.04 Å². The molecule has 0 bridgehead atoms. The van der Waals surface area contributed by atoms with Gasteiger partial charge in [-0.05, 0) is 38.2 Å². The fourth-order valence-corrected chi connectivity index (χ4v) is 1.16. The highest BCUT2D eigenvalue weighted by atomic mass is 16.2. The van der Waals surface area contributed by atoms with E-state index in [9.17, 15) is 9.59 Å². The van der Waals surface area contributed by atoms with E-state index in [1.54, 1.807) is 38.2 Å². The lowest BCUT2D eigenvalue weighted by Gasteiger charge is -2.11. The number of rotatable bonds is 4. The molecule has 6 heteroatoms. The molecule has 0 aromatic heterocycles. The van der Waals surface area contributed by atoms with Gasteiger partial charge in [-0.2, -0.15) is 0 Å². The number of benzene rings is 1. The fraction of sp³-hybridized carbons (Fsp3) is 0.273. The van der Waals surface area contributed by atoms with E-state index in [-0.39, 0.29) is 11.9 Å². The maximum atomic E-state index is 11.5. The molecule has 6 nitrogen and oxygen atoms in total. The molecule has 0 saturated carbocycles. The van der Waals surface area contributed by atoms with Gasteiger partial charge in [0.15, 0.2) is 0 Å². The van der Waals surface area contributed by atoms with Gasteiger partial charge in [0.2, 0.25) is 5.91 Å². The number of anilines is 2. The highest BCUT2D eigenvalue weighted by Crippen LogP contribution is 2.13. The third-order valence-electron chi connectivity index (χ3n) is 2.25. The maximum Gasteiger partial charge on any atom is 0.316 e. The first-order chi connectivity index (χ1) is 8.02. The number of likely N-dealkylation sites (N-methyl/N-ethyl adjacent to an activating group) is 1. The highest BCUT2D eigenvalue weighted by Gasteiger charge is 2.09. The summed E-state index contributed by atoms with van der Waals surface area (Å²) in [6.45, 7) is 1.76. The summed E-state index contributed by atoms with van der Waals surface area (Å²) in [5.41, 5.74) is 6.21. The molecule has 1 rings (SSSR count). The van der Waals surface area contributed by atoms with Crippen molar-refractivity contribution in [1.29, 1.82) is 0 Å². The normalized spacial score (nSPS) is 11.6. The number of hydrogen-bond acceptors (Lipinski definition) is 3. The van der Waals surface area contributed by atoms with Gasteiger partial charge in [-0.1, -0.05) is 0 Å².